The van der Waals surface area contributed by atoms with E-state index in [4.69, 9.17) is 9.47 Å². The van der Waals surface area contributed by atoms with E-state index in [9.17, 15) is 14.4 Å². The number of rotatable bonds is 11. The second-order valence-electron chi connectivity index (χ2n) is 8.55. The van der Waals surface area contributed by atoms with Gasteiger partial charge in [-0.25, -0.2) is 4.79 Å². The summed E-state index contributed by atoms with van der Waals surface area (Å²) in [6.45, 7) is 6.00. The summed E-state index contributed by atoms with van der Waals surface area (Å²) in [7, 11) is 0. The molecule has 0 aromatic heterocycles. The van der Waals surface area contributed by atoms with Gasteiger partial charge in [0.2, 0.25) is 5.91 Å². The molecule has 3 rings (SSSR count). The average molecular weight is 455 g/mol. The fourth-order valence-electron chi connectivity index (χ4n) is 4.53. The highest BCUT2D eigenvalue weighted by Gasteiger charge is 2.46. The standard InChI is InChI=1S/C26H34N2O5/c1-4-6-7-8-9-10-15-21(29)28-19-14-12-11-13-18(19)23-22(25(30)32-5-2)17(3)27-20-16-33-26(31)24(20)23/h11-14,22-23H,4-10,15-16H2,1-3H3,(H,28,29). The van der Waals surface area contributed by atoms with Crippen molar-refractivity contribution < 1.29 is 23.9 Å². The molecule has 2 heterocycles. The molecule has 33 heavy (non-hydrogen) atoms. The zero-order chi connectivity index (χ0) is 23.8. The van der Waals surface area contributed by atoms with Crippen LogP contribution in [0.5, 0.6) is 0 Å². The molecule has 2 aliphatic rings. The summed E-state index contributed by atoms with van der Waals surface area (Å²) >= 11 is 0. The summed E-state index contributed by atoms with van der Waals surface area (Å²) in [5, 5.41) is 3.01. The quantitative estimate of drug-likeness (QED) is 0.378. The van der Waals surface area contributed by atoms with Crippen molar-refractivity contribution in [3.8, 4) is 0 Å². The van der Waals surface area contributed by atoms with Gasteiger partial charge in [-0.15, -0.1) is 0 Å². The van der Waals surface area contributed by atoms with Crippen LogP contribution in [0.2, 0.25) is 0 Å². The molecular formula is C26H34N2O5. The van der Waals surface area contributed by atoms with Gasteiger partial charge in [0.1, 0.15) is 12.5 Å². The van der Waals surface area contributed by atoms with E-state index in [0.717, 1.165) is 19.3 Å². The largest absolute Gasteiger partial charge is 0.465 e. The summed E-state index contributed by atoms with van der Waals surface area (Å²) in [5.41, 5.74) is 2.76. The molecule has 1 N–H and O–H groups in total. The van der Waals surface area contributed by atoms with Crippen LogP contribution in [0.3, 0.4) is 0 Å². The number of carbonyl (C=O) groups is 3. The summed E-state index contributed by atoms with van der Waals surface area (Å²) in [5.74, 6) is -2.38. The van der Waals surface area contributed by atoms with Gasteiger partial charge in [0.25, 0.3) is 0 Å². The van der Waals surface area contributed by atoms with Crippen LogP contribution in [-0.2, 0) is 23.9 Å². The number of anilines is 1. The van der Waals surface area contributed by atoms with Crippen molar-refractivity contribution in [2.45, 2.75) is 71.6 Å². The lowest BCUT2D eigenvalue weighted by Crippen LogP contribution is -2.35. The maximum atomic E-state index is 12.9. The predicted molar refractivity (Wildman–Crippen MR) is 127 cm³/mol. The maximum Gasteiger partial charge on any atom is 0.337 e. The number of nitrogens with one attached hydrogen (secondary N) is 1. The second-order valence-corrected chi connectivity index (χ2v) is 8.55. The van der Waals surface area contributed by atoms with Crippen LogP contribution in [0.4, 0.5) is 5.69 Å². The number of ether oxygens (including phenoxy) is 2. The molecule has 0 saturated heterocycles. The minimum atomic E-state index is -0.758. The molecule has 2 atom stereocenters. The Morgan fingerprint density at radius 3 is 2.61 bits per heavy atom. The van der Waals surface area contributed by atoms with Gasteiger partial charge in [-0.3, -0.25) is 14.6 Å². The Hall–Kier alpha value is -2.96. The van der Waals surface area contributed by atoms with E-state index in [1.807, 2.05) is 18.2 Å². The molecule has 2 aliphatic heterocycles. The number of amides is 1. The Bertz CT molecular complexity index is 950. The fourth-order valence-corrected chi connectivity index (χ4v) is 4.53. The molecule has 0 bridgehead atoms. The number of hydrogen-bond acceptors (Lipinski definition) is 6. The van der Waals surface area contributed by atoms with Crippen LogP contribution in [0.15, 0.2) is 40.5 Å². The second kappa shape index (κ2) is 11.8. The van der Waals surface area contributed by atoms with E-state index in [1.165, 1.54) is 19.3 Å². The first kappa shape index (κ1) is 24.7. The first-order chi connectivity index (χ1) is 16.0. The topological polar surface area (TPSA) is 94.1 Å². The van der Waals surface area contributed by atoms with Gasteiger partial charge in [-0.2, -0.15) is 0 Å². The fraction of sp³-hybridized carbons (Fsp3) is 0.538. The minimum absolute atomic E-state index is 0.0740. The highest BCUT2D eigenvalue weighted by atomic mass is 16.5. The molecule has 1 amide bonds. The van der Waals surface area contributed by atoms with E-state index in [-0.39, 0.29) is 19.1 Å². The van der Waals surface area contributed by atoms with E-state index in [1.54, 1.807) is 19.9 Å². The molecule has 0 saturated carbocycles. The minimum Gasteiger partial charge on any atom is -0.465 e. The number of nitrogens with zero attached hydrogens (tertiary/aromatic N) is 1. The third-order valence-corrected chi connectivity index (χ3v) is 6.14. The van der Waals surface area contributed by atoms with Gasteiger partial charge in [-0.05, 0) is 31.9 Å². The molecule has 0 spiro atoms. The summed E-state index contributed by atoms with van der Waals surface area (Å²) < 4.78 is 10.6. The monoisotopic (exact) mass is 454 g/mol. The van der Waals surface area contributed by atoms with E-state index < -0.39 is 23.8 Å². The van der Waals surface area contributed by atoms with Crippen LogP contribution in [0, 0.1) is 5.92 Å². The first-order valence-electron chi connectivity index (χ1n) is 12.0. The zero-order valence-electron chi connectivity index (χ0n) is 19.8. The van der Waals surface area contributed by atoms with Gasteiger partial charge in [0.05, 0.1) is 17.9 Å². The molecule has 0 radical (unpaired) electrons. The number of esters is 2. The normalized spacial score (nSPS) is 19.6. The summed E-state index contributed by atoms with van der Waals surface area (Å²) in [6, 6.07) is 7.31. The van der Waals surface area contributed by atoms with Crippen molar-refractivity contribution in [1.82, 2.24) is 0 Å². The van der Waals surface area contributed by atoms with E-state index >= 15 is 0 Å². The van der Waals surface area contributed by atoms with Crippen molar-refractivity contribution in [3.63, 3.8) is 0 Å². The average Bonchev–Trinajstić information content (AvgIpc) is 3.16. The number of unbranched alkanes of at least 4 members (excludes halogenated alkanes) is 5. The molecule has 0 fully saturated rings. The predicted octanol–water partition coefficient (Wildman–Crippen LogP) is 4.92. The molecule has 178 valence electrons. The van der Waals surface area contributed by atoms with Crippen LogP contribution in [0.1, 0.15) is 77.2 Å². The van der Waals surface area contributed by atoms with Gasteiger partial charge >= 0.3 is 11.9 Å². The first-order valence-corrected chi connectivity index (χ1v) is 12.0. The molecule has 7 nitrogen and oxygen atoms in total. The van der Waals surface area contributed by atoms with Crippen molar-refractivity contribution >= 4 is 29.2 Å². The van der Waals surface area contributed by atoms with Crippen molar-refractivity contribution in [1.29, 1.82) is 0 Å². The SMILES string of the molecule is CCCCCCCCC(=O)Nc1ccccc1C1C2=C(COC2=O)N=C(C)C1C(=O)OCC. The van der Waals surface area contributed by atoms with E-state index in [2.05, 4.69) is 17.2 Å². The third kappa shape index (κ3) is 5.89. The lowest BCUT2D eigenvalue weighted by molar-refractivity contribution is -0.146. The molecule has 1 aromatic rings. The van der Waals surface area contributed by atoms with Gasteiger partial charge in [0.15, 0.2) is 0 Å². The van der Waals surface area contributed by atoms with Gasteiger partial charge in [-0.1, -0.05) is 57.2 Å². The molecule has 7 heteroatoms. The summed E-state index contributed by atoms with van der Waals surface area (Å²) in [6.07, 6.45) is 7.06. The molecule has 0 aliphatic carbocycles. The Labute approximate surface area is 195 Å². The number of hydrogen-bond donors (Lipinski definition) is 1. The molecule has 1 aromatic carbocycles. The lowest BCUT2D eigenvalue weighted by Gasteiger charge is -2.30. The highest BCUT2D eigenvalue weighted by molar-refractivity contribution is 6.08. The molecule has 2 unspecified atom stereocenters. The lowest BCUT2D eigenvalue weighted by atomic mass is 9.75. The van der Waals surface area contributed by atoms with Crippen LogP contribution >= 0.6 is 0 Å². The highest BCUT2D eigenvalue weighted by Crippen LogP contribution is 2.44. The number of benzene rings is 1. The zero-order valence-corrected chi connectivity index (χ0v) is 19.8. The number of carbonyl (C=O) groups excluding carboxylic acids is 3. The Morgan fingerprint density at radius 1 is 1.12 bits per heavy atom. The Balaban J connectivity index is 1.83. The molecular weight excluding hydrogens is 420 g/mol. The summed E-state index contributed by atoms with van der Waals surface area (Å²) in [4.78, 5) is 42.7. The third-order valence-electron chi connectivity index (χ3n) is 6.14. The van der Waals surface area contributed by atoms with Crippen LogP contribution in [0.25, 0.3) is 0 Å². The maximum absolute atomic E-state index is 12.9. The smallest absolute Gasteiger partial charge is 0.337 e. The number of para-hydroxylation sites is 1. The van der Waals surface area contributed by atoms with Crippen LogP contribution in [-0.4, -0.2) is 36.8 Å². The van der Waals surface area contributed by atoms with Crippen molar-refractivity contribution in [2.24, 2.45) is 10.9 Å². The van der Waals surface area contributed by atoms with E-state index in [0.29, 0.717) is 34.7 Å². The Morgan fingerprint density at radius 2 is 1.85 bits per heavy atom. The number of aliphatic imine (C=N–C) groups is 1. The number of cyclic esters (lactones) is 1. The van der Waals surface area contributed by atoms with Crippen molar-refractivity contribution in [3.05, 3.63) is 41.1 Å². The van der Waals surface area contributed by atoms with Crippen LogP contribution < -0.4 is 5.32 Å². The van der Waals surface area contributed by atoms with Crippen molar-refractivity contribution in [2.75, 3.05) is 18.5 Å². The van der Waals surface area contributed by atoms with Gasteiger partial charge < -0.3 is 14.8 Å². The van der Waals surface area contributed by atoms with Gasteiger partial charge in [0, 0.05) is 23.7 Å². The Kier molecular flexibility index (Phi) is 8.80.